The molecule has 27 heavy (non-hydrogen) atoms. The van der Waals surface area contributed by atoms with E-state index >= 15 is 0 Å². The van der Waals surface area contributed by atoms with Gasteiger partial charge in [0, 0.05) is 37.3 Å². The molecule has 150 valence electrons. The summed E-state index contributed by atoms with van der Waals surface area (Å²) in [5.41, 5.74) is 1.61. The van der Waals surface area contributed by atoms with Crippen LogP contribution in [0.15, 0.2) is 24.3 Å². The monoisotopic (exact) mass is 374 g/mol. The fourth-order valence-corrected chi connectivity index (χ4v) is 3.35. The van der Waals surface area contributed by atoms with Crippen LogP contribution in [0.2, 0.25) is 0 Å². The molecule has 0 spiro atoms. The molecule has 1 fully saturated rings. The van der Waals surface area contributed by atoms with E-state index in [2.05, 4.69) is 27.8 Å². The topological polar surface area (TPSA) is 73.5 Å². The van der Waals surface area contributed by atoms with Crippen molar-refractivity contribution in [2.75, 3.05) is 19.6 Å². The number of hydrogen-bond donors (Lipinski definition) is 3. The predicted octanol–water partition coefficient (Wildman–Crippen LogP) is 2.89. The predicted molar refractivity (Wildman–Crippen MR) is 109 cm³/mol. The molecule has 3 N–H and O–H groups in total. The summed E-state index contributed by atoms with van der Waals surface area (Å²) in [6.07, 6.45) is 4.88. The van der Waals surface area contributed by atoms with Gasteiger partial charge in [-0.2, -0.15) is 0 Å². The molecular formula is C21H34N4O2. The van der Waals surface area contributed by atoms with Crippen molar-refractivity contribution in [1.82, 2.24) is 20.9 Å². The van der Waals surface area contributed by atoms with Crippen LogP contribution in [0.1, 0.15) is 62.4 Å². The Hall–Kier alpha value is -2.08. The summed E-state index contributed by atoms with van der Waals surface area (Å²) >= 11 is 0. The molecule has 3 amide bonds. The molecule has 1 aliphatic rings. The first-order chi connectivity index (χ1) is 13.0. The van der Waals surface area contributed by atoms with Crippen LogP contribution >= 0.6 is 0 Å². The minimum atomic E-state index is -0.185. The van der Waals surface area contributed by atoms with Gasteiger partial charge in [-0.05, 0) is 64.3 Å². The van der Waals surface area contributed by atoms with E-state index in [4.69, 9.17) is 0 Å². The number of benzene rings is 1. The summed E-state index contributed by atoms with van der Waals surface area (Å²) in [5.74, 6) is -0.0428. The fourth-order valence-electron chi connectivity index (χ4n) is 3.35. The molecule has 1 saturated heterocycles. The van der Waals surface area contributed by atoms with Crippen molar-refractivity contribution in [3.05, 3.63) is 35.4 Å². The molecular weight excluding hydrogens is 340 g/mol. The van der Waals surface area contributed by atoms with Gasteiger partial charge >= 0.3 is 6.03 Å². The normalized spacial score (nSPS) is 17.6. The van der Waals surface area contributed by atoms with E-state index in [0.717, 1.165) is 18.5 Å². The number of nitrogens with zero attached hydrogens (tertiary/aromatic N) is 1. The highest BCUT2D eigenvalue weighted by Gasteiger charge is 2.17. The molecule has 2 rings (SSSR count). The van der Waals surface area contributed by atoms with Gasteiger partial charge in [-0.1, -0.05) is 18.6 Å². The van der Waals surface area contributed by atoms with E-state index in [1.54, 1.807) is 12.1 Å². The molecule has 6 heteroatoms. The van der Waals surface area contributed by atoms with Crippen LogP contribution in [0, 0.1) is 0 Å². The Morgan fingerprint density at radius 3 is 2.56 bits per heavy atom. The standard InChI is InChI=1S/C21H34N4O2/c1-16(2)24-21(27)23-15-18-8-10-19(11-9-18)20(26)22-12-6-14-25-13-5-4-7-17(25)3/h8-11,16-17H,4-7,12-15H2,1-3H3,(H,22,26)(H2,23,24,27). The van der Waals surface area contributed by atoms with E-state index in [1.807, 2.05) is 26.0 Å². The smallest absolute Gasteiger partial charge is 0.315 e. The highest BCUT2D eigenvalue weighted by atomic mass is 16.2. The lowest BCUT2D eigenvalue weighted by atomic mass is 10.0. The Morgan fingerprint density at radius 2 is 1.89 bits per heavy atom. The van der Waals surface area contributed by atoms with Crippen molar-refractivity contribution < 1.29 is 9.59 Å². The third-order valence-electron chi connectivity index (χ3n) is 4.94. The number of carbonyl (C=O) groups excluding carboxylic acids is 2. The van der Waals surface area contributed by atoms with E-state index in [0.29, 0.717) is 24.7 Å². The Bertz CT molecular complexity index is 601. The second-order valence-corrected chi connectivity index (χ2v) is 7.67. The van der Waals surface area contributed by atoms with Gasteiger partial charge < -0.3 is 20.9 Å². The van der Waals surface area contributed by atoms with Crippen molar-refractivity contribution in [3.63, 3.8) is 0 Å². The molecule has 0 radical (unpaired) electrons. The maximum Gasteiger partial charge on any atom is 0.315 e. The van der Waals surface area contributed by atoms with Crippen molar-refractivity contribution in [2.45, 2.75) is 65.1 Å². The van der Waals surface area contributed by atoms with Crippen molar-refractivity contribution in [2.24, 2.45) is 0 Å². The molecule has 1 unspecified atom stereocenters. The first-order valence-corrected chi connectivity index (χ1v) is 10.1. The minimum Gasteiger partial charge on any atom is -0.352 e. The SMILES string of the molecule is CC(C)NC(=O)NCc1ccc(C(=O)NCCCN2CCCCC2C)cc1. The van der Waals surface area contributed by atoms with Gasteiger partial charge in [0.05, 0.1) is 0 Å². The molecule has 0 bridgehead atoms. The summed E-state index contributed by atoms with van der Waals surface area (Å²) in [7, 11) is 0. The van der Waals surface area contributed by atoms with Crippen LogP contribution in [-0.2, 0) is 6.54 Å². The zero-order valence-corrected chi connectivity index (χ0v) is 16.9. The highest BCUT2D eigenvalue weighted by Crippen LogP contribution is 2.16. The maximum absolute atomic E-state index is 12.3. The van der Waals surface area contributed by atoms with Gasteiger partial charge in [-0.15, -0.1) is 0 Å². The van der Waals surface area contributed by atoms with Crippen LogP contribution in [0.5, 0.6) is 0 Å². The third kappa shape index (κ3) is 7.59. The van der Waals surface area contributed by atoms with Crippen LogP contribution in [0.3, 0.4) is 0 Å². The second kappa shape index (κ2) is 10.9. The largest absolute Gasteiger partial charge is 0.352 e. The summed E-state index contributed by atoms with van der Waals surface area (Å²) < 4.78 is 0. The maximum atomic E-state index is 12.3. The van der Waals surface area contributed by atoms with Gasteiger partial charge in [0.1, 0.15) is 0 Å². The number of nitrogens with one attached hydrogen (secondary N) is 3. The Labute approximate surface area is 163 Å². The molecule has 1 aliphatic heterocycles. The van der Waals surface area contributed by atoms with Gasteiger partial charge in [0.15, 0.2) is 0 Å². The fraction of sp³-hybridized carbons (Fsp3) is 0.619. The Morgan fingerprint density at radius 1 is 1.15 bits per heavy atom. The van der Waals surface area contributed by atoms with Crippen molar-refractivity contribution in [3.8, 4) is 0 Å². The molecule has 0 aromatic heterocycles. The first kappa shape index (κ1) is 21.2. The number of hydrogen-bond acceptors (Lipinski definition) is 3. The summed E-state index contributed by atoms with van der Waals surface area (Å²) in [6, 6.07) is 7.95. The van der Waals surface area contributed by atoms with Gasteiger partial charge in [0.25, 0.3) is 5.91 Å². The molecule has 1 aromatic rings. The quantitative estimate of drug-likeness (QED) is 0.613. The van der Waals surface area contributed by atoms with Crippen molar-refractivity contribution in [1.29, 1.82) is 0 Å². The molecule has 1 atom stereocenters. The van der Waals surface area contributed by atoms with Gasteiger partial charge in [-0.25, -0.2) is 4.79 Å². The average Bonchev–Trinajstić information content (AvgIpc) is 2.64. The van der Waals surface area contributed by atoms with Crippen LogP contribution in [0.4, 0.5) is 4.79 Å². The summed E-state index contributed by atoms with van der Waals surface area (Å²) in [4.78, 5) is 26.4. The molecule has 1 aromatic carbocycles. The molecule has 1 heterocycles. The lowest BCUT2D eigenvalue weighted by Crippen LogP contribution is -2.39. The zero-order chi connectivity index (χ0) is 19.6. The lowest BCUT2D eigenvalue weighted by Gasteiger charge is -2.33. The number of likely N-dealkylation sites (tertiary alicyclic amines) is 1. The Balaban J connectivity index is 1.68. The second-order valence-electron chi connectivity index (χ2n) is 7.67. The molecule has 0 aliphatic carbocycles. The molecule has 0 saturated carbocycles. The number of piperidine rings is 1. The lowest BCUT2D eigenvalue weighted by molar-refractivity contribution is 0.0949. The van der Waals surface area contributed by atoms with Crippen LogP contribution < -0.4 is 16.0 Å². The third-order valence-corrected chi connectivity index (χ3v) is 4.94. The average molecular weight is 375 g/mol. The Kier molecular flexibility index (Phi) is 8.58. The number of rotatable bonds is 8. The number of carbonyl (C=O) groups is 2. The van der Waals surface area contributed by atoms with Crippen molar-refractivity contribution >= 4 is 11.9 Å². The van der Waals surface area contributed by atoms with Crippen LogP contribution in [0.25, 0.3) is 0 Å². The van der Waals surface area contributed by atoms with E-state index in [9.17, 15) is 9.59 Å². The summed E-state index contributed by atoms with van der Waals surface area (Å²) in [6.45, 7) is 9.49. The van der Waals surface area contributed by atoms with Gasteiger partial charge in [0.2, 0.25) is 0 Å². The summed E-state index contributed by atoms with van der Waals surface area (Å²) in [5, 5.41) is 8.58. The van der Waals surface area contributed by atoms with E-state index in [-0.39, 0.29) is 18.0 Å². The van der Waals surface area contributed by atoms with Gasteiger partial charge in [-0.3, -0.25) is 4.79 Å². The molecule has 6 nitrogen and oxygen atoms in total. The van der Waals surface area contributed by atoms with E-state index < -0.39 is 0 Å². The zero-order valence-electron chi connectivity index (χ0n) is 16.9. The highest BCUT2D eigenvalue weighted by molar-refractivity contribution is 5.94. The van der Waals surface area contributed by atoms with E-state index in [1.165, 1.54) is 25.8 Å². The first-order valence-electron chi connectivity index (χ1n) is 10.1. The number of amides is 3. The number of urea groups is 1. The minimum absolute atomic E-state index is 0.0428. The van der Waals surface area contributed by atoms with Crippen LogP contribution in [-0.4, -0.2) is 48.6 Å².